The van der Waals surface area contributed by atoms with E-state index in [1.54, 1.807) is 20.5 Å². The fourth-order valence-corrected chi connectivity index (χ4v) is 2.60. The first-order valence-corrected chi connectivity index (χ1v) is 7.93. The quantitative estimate of drug-likeness (QED) is 0.747. The van der Waals surface area contributed by atoms with Crippen molar-refractivity contribution in [1.82, 2.24) is 9.97 Å². The Morgan fingerprint density at radius 3 is 2.25 bits per heavy atom. The Morgan fingerprint density at radius 1 is 0.917 bits per heavy atom. The second-order valence-electron chi connectivity index (χ2n) is 5.47. The highest BCUT2D eigenvalue weighted by Gasteiger charge is 2.10. The average molecular weight is 323 g/mol. The minimum absolute atomic E-state index is 0.657. The van der Waals surface area contributed by atoms with E-state index in [1.165, 1.54) is 11.1 Å². The Kier molecular flexibility index (Phi) is 4.79. The zero-order valence-corrected chi connectivity index (χ0v) is 14.2. The highest BCUT2D eigenvalue weighted by Crippen LogP contribution is 2.33. The molecule has 24 heavy (non-hydrogen) atoms. The fourth-order valence-electron chi connectivity index (χ4n) is 2.60. The Hall–Kier alpha value is -2.82. The normalized spacial score (nSPS) is 10.6. The first-order valence-electron chi connectivity index (χ1n) is 7.93. The van der Waals surface area contributed by atoms with E-state index < -0.39 is 0 Å². The molecule has 3 aromatic rings. The number of aryl methyl sites for hydroxylation is 1. The van der Waals surface area contributed by atoms with Gasteiger partial charge in [-0.1, -0.05) is 31.2 Å². The van der Waals surface area contributed by atoms with E-state index in [-0.39, 0.29) is 0 Å². The molecule has 0 aliphatic carbocycles. The molecule has 124 valence electrons. The van der Waals surface area contributed by atoms with Crippen molar-refractivity contribution >= 4 is 16.7 Å². The fraction of sp³-hybridized carbons (Fsp3) is 0.263. The number of anilines is 1. The van der Waals surface area contributed by atoms with Gasteiger partial charge in [0, 0.05) is 18.0 Å². The lowest BCUT2D eigenvalue weighted by atomic mass is 10.1. The van der Waals surface area contributed by atoms with E-state index in [0.717, 1.165) is 23.1 Å². The Labute approximate surface area is 141 Å². The van der Waals surface area contributed by atoms with Gasteiger partial charge in [-0.3, -0.25) is 0 Å². The number of rotatable bonds is 6. The first-order chi connectivity index (χ1) is 11.7. The third-order valence-corrected chi connectivity index (χ3v) is 4.03. The van der Waals surface area contributed by atoms with Gasteiger partial charge in [-0.15, -0.1) is 0 Å². The summed E-state index contributed by atoms with van der Waals surface area (Å²) in [5.41, 5.74) is 3.36. The zero-order valence-electron chi connectivity index (χ0n) is 14.2. The zero-order chi connectivity index (χ0) is 16.9. The third-order valence-electron chi connectivity index (χ3n) is 4.03. The van der Waals surface area contributed by atoms with E-state index >= 15 is 0 Å². The SMILES string of the molecule is CCc1ccc(CNc2ncnc3cc(OC)c(OC)cc23)cc1. The van der Waals surface area contributed by atoms with Crippen LogP contribution in [-0.2, 0) is 13.0 Å². The summed E-state index contributed by atoms with van der Waals surface area (Å²) < 4.78 is 10.7. The molecule has 0 aliphatic heterocycles. The molecule has 1 aromatic heterocycles. The molecule has 0 unspecified atom stereocenters. The summed E-state index contributed by atoms with van der Waals surface area (Å²) in [6, 6.07) is 12.3. The summed E-state index contributed by atoms with van der Waals surface area (Å²) in [6.07, 6.45) is 2.60. The minimum atomic E-state index is 0.657. The molecule has 0 spiro atoms. The maximum absolute atomic E-state index is 5.38. The maximum Gasteiger partial charge on any atom is 0.162 e. The van der Waals surface area contributed by atoms with Crippen molar-refractivity contribution in [1.29, 1.82) is 0 Å². The second kappa shape index (κ2) is 7.17. The predicted molar refractivity (Wildman–Crippen MR) is 95.8 cm³/mol. The van der Waals surface area contributed by atoms with Crippen molar-refractivity contribution in [3.05, 3.63) is 53.9 Å². The molecule has 0 atom stereocenters. The Morgan fingerprint density at radius 2 is 1.58 bits per heavy atom. The van der Waals surface area contributed by atoms with Gasteiger partial charge in [0.1, 0.15) is 12.1 Å². The van der Waals surface area contributed by atoms with Crippen LogP contribution in [0.25, 0.3) is 10.9 Å². The van der Waals surface area contributed by atoms with E-state index in [0.29, 0.717) is 18.0 Å². The molecule has 0 radical (unpaired) electrons. The molecule has 0 fully saturated rings. The molecule has 5 heteroatoms. The van der Waals surface area contributed by atoms with E-state index in [1.807, 2.05) is 12.1 Å². The molecule has 0 saturated heterocycles. The van der Waals surface area contributed by atoms with Crippen LogP contribution in [0, 0.1) is 0 Å². The van der Waals surface area contributed by atoms with Crippen LogP contribution in [0.1, 0.15) is 18.1 Å². The van der Waals surface area contributed by atoms with Gasteiger partial charge in [0.25, 0.3) is 0 Å². The van der Waals surface area contributed by atoms with Crippen LogP contribution >= 0.6 is 0 Å². The van der Waals surface area contributed by atoms with E-state index in [2.05, 4.69) is 46.5 Å². The molecule has 1 N–H and O–H groups in total. The number of hydrogen-bond donors (Lipinski definition) is 1. The van der Waals surface area contributed by atoms with E-state index in [9.17, 15) is 0 Å². The van der Waals surface area contributed by atoms with Gasteiger partial charge < -0.3 is 14.8 Å². The van der Waals surface area contributed by atoms with Gasteiger partial charge in [0.05, 0.1) is 19.7 Å². The van der Waals surface area contributed by atoms with Crippen LogP contribution in [0.4, 0.5) is 5.82 Å². The van der Waals surface area contributed by atoms with E-state index in [4.69, 9.17) is 9.47 Å². The number of nitrogens with one attached hydrogen (secondary N) is 1. The summed E-state index contributed by atoms with van der Waals surface area (Å²) in [5, 5.41) is 4.29. The summed E-state index contributed by atoms with van der Waals surface area (Å²) in [4.78, 5) is 8.68. The van der Waals surface area contributed by atoms with Gasteiger partial charge in [0.15, 0.2) is 11.5 Å². The minimum Gasteiger partial charge on any atom is -0.493 e. The van der Waals surface area contributed by atoms with Gasteiger partial charge in [-0.2, -0.15) is 0 Å². The molecular weight excluding hydrogens is 302 g/mol. The van der Waals surface area contributed by atoms with Gasteiger partial charge in [0.2, 0.25) is 0 Å². The average Bonchev–Trinajstić information content (AvgIpc) is 2.65. The first kappa shape index (κ1) is 16.1. The van der Waals surface area contributed by atoms with Crippen molar-refractivity contribution in [3.63, 3.8) is 0 Å². The number of fused-ring (bicyclic) bond motifs is 1. The van der Waals surface area contributed by atoms with Crippen molar-refractivity contribution in [2.24, 2.45) is 0 Å². The van der Waals surface area contributed by atoms with Crippen LogP contribution in [0.3, 0.4) is 0 Å². The largest absolute Gasteiger partial charge is 0.493 e. The van der Waals surface area contributed by atoms with Crippen molar-refractivity contribution < 1.29 is 9.47 Å². The van der Waals surface area contributed by atoms with Crippen molar-refractivity contribution in [2.75, 3.05) is 19.5 Å². The molecule has 2 aromatic carbocycles. The number of benzene rings is 2. The number of methoxy groups -OCH3 is 2. The lowest BCUT2D eigenvalue weighted by Crippen LogP contribution is -2.03. The van der Waals surface area contributed by atoms with Crippen LogP contribution in [0.5, 0.6) is 11.5 Å². The van der Waals surface area contributed by atoms with Crippen molar-refractivity contribution in [2.45, 2.75) is 19.9 Å². The molecule has 5 nitrogen and oxygen atoms in total. The van der Waals surface area contributed by atoms with Crippen LogP contribution < -0.4 is 14.8 Å². The monoisotopic (exact) mass is 323 g/mol. The maximum atomic E-state index is 5.38. The van der Waals surface area contributed by atoms with Crippen LogP contribution in [0.15, 0.2) is 42.7 Å². The summed E-state index contributed by atoms with van der Waals surface area (Å²) in [6.45, 7) is 2.85. The number of aromatic nitrogens is 2. The van der Waals surface area contributed by atoms with Crippen molar-refractivity contribution in [3.8, 4) is 11.5 Å². The van der Waals surface area contributed by atoms with Crippen LogP contribution in [0.2, 0.25) is 0 Å². The summed E-state index contributed by atoms with van der Waals surface area (Å²) >= 11 is 0. The molecule has 3 rings (SSSR count). The molecule has 0 aliphatic rings. The highest BCUT2D eigenvalue weighted by molar-refractivity contribution is 5.91. The molecule has 0 bridgehead atoms. The molecule has 0 saturated carbocycles. The summed E-state index contributed by atoms with van der Waals surface area (Å²) in [7, 11) is 3.24. The molecule has 0 amide bonds. The smallest absolute Gasteiger partial charge is 0.162 e. The molecular formula is C19H21N3O2. The van der Waals surface area contributed by atoms with Gasteiger partial charge >= 0.3 is 0 Å². The second-order valence-corrected chi connectivity index (χ2v) is 5.47. The number of ether oxygens (including phenoxy) is 2. The number of hydrogen-bond acceptors (Lipinski definition) is 5. The standard InChI is InChI=1S/C19H21N3O2/c1-4-13-5-7-14(8-6-13)11-20-19-15-9-17(23-2)18(24-3)10-16(15)21-12-22-19/h5-10,12H,4,11H2,1-3H3,(H,20,21,22). The topological polar surface area (TPSA) is 56.3 Å². The Balaban J connectivity index is 1.88. The lowest BCUT2D eigenvalue weighted by molar-refractivity contribution is 0.356. The number of nitrogens with zero attached hydrogens (tertiary/aromatic N) is 2. The lowest BCUT2D eigenvalue weighted by Gasteiger charge is -2.12. The highest BCUT2D eigenvalue weighted by atomic mass is 16.5. The van der Waals surface area contributed by atoms with Crippen LogP contribution in [-0.4, -0.2) is 24.2 Å². The van der Waals surface area contributed by atoms with Gasteiger partial charge in [-0.05, 0) is 23.6 Å². The predicted octanol–water partition coefficient (Wildman–Crippen LogP) is 3.82. The summed E-state index contributed by atoms with van der Waals surface area (Å²) in [5.74, 6) is 2.10. The Bertz CT molecular complexity index is 832. The van der Waals surface area contributed by atoms with Gasteiger partial charge in [-0.25, -0.2) is 9.97 Å². The third kappa shape index (κ3) is 3.25. The molecule has 1 heterocycles.